The van der Waals surface area contributed by atoms with Crippen molar-refractivity contribution in [3.05, 3.63) is 41.5 Å². The first-order chi connectivity index (χ1) is 17.7. The molecule has 0 aliphatic heterocycles. The largest absolute Gasteiger partial charge is 0.488 e. The number of carboxylic acids is 1. The molecule has 5 rings (SSSR count). The Balaban J connectivity index is 1.36. The summed E-state index contributed by atoms with van der Waals surface area (Å²) >= 11 is 0. The van der Waals surface area contributed by atoms with Gasteiger partial charge in [-0.1, -0.05) is 5.21 Å². The van der Waals surface area contributed by atoms with E-state index in [1.54, 1.807) is 18.7 Å². The average Bonchev–Trinajstić information content (AvgIpc) is 3.65. The quantitative estimate of drug-likeness (QED) is 0.425. The molecule has 10 nitrogen and oxygen atoms in total. The Morgan fingerprint density at radius 3 is 2.81 bits per heavy atom. The molecule has 0 radical (unpaired) electrons. The number of rotatable bonds is 9. The third-order valence-electron chi connectivity index (χ3n) is 7.09. The molecule has 2 fully saturated rings. The number of hydrogen-bond donors (Lipinski definition) is 2. The Morgan fingerprint density at radius 1 is 1.27 bits per heavy atom. The van der Waals surface area contributed by atoms with Gasteiger partial charge < -0.3 is 15.2 Å². The van der Waals surface area contributed by atoms with Crippen molar-refractivity contribution in [1.29, 1.82) is 0 Å². The van der Waals surface area contributed by atoms with E-state index in [0.29, 0.717) is 35.7 Å². The van der Waals surface area contributed by atoms with E-state index < -0.39 is 17.8 Å². The minimum atomic E-state index is -2.69. The van der Waals surface area contributed by atoms with E-state index in [1.807, 2.05) is 12.1 Å². The lowest BCUT2D eigenvalue weighted by Gasteiger charge is -2.35. The van der Waals surface area contributed by atoms with Gasteiger partial charge in [0, 0.05) is 25.6 Å². The summed E-state index contributed by atoms with van der Waals surface area (Å²) in [5.74, 6) is 0.271. The van der Waals surface area contributed by atoms with Gasteiger partial charge in [-0.25, -0.2) is 28.4 Å². The van der Waals surface area contributed by atoms with Crippen molar-refractivity contribution in [2.45, 2.75) is 70.4 Å². The average molecular weight is 514 g/mol. The number of aryl methyl sites for hydroxylation is 1. The number of nitrogens with one attached hydrogen (secondary N) is 1. The van der Waals surface area contributed by atoms with E-state index in [9.17, 15) is 18.7 Å². The lowest BCUT2D eigenvalue weighted by molar-refractivity contribution is -0.151. The van der Waals surface area contributed by atoms with Crippen molar-refractivity contribution in [1.82, 2.24) is 29.9 Å². The van der Waals surface area contributed by atoms with Crippen LogP contribution in [0.1, 0.15) is 74.9 Å². The van der Waals surface area contributed by atoms with Crippen LogP contribution in [0, 0.1) is 5.41 Å². The van der Waals surface area contributed by atoms with Crippen molar-refractivity contribution < 1.29 is 23.4 Å². The lowest BCUT2D eigenvalue weighted by Crippen LogP contribution is -2.38. The van der Waals surface area contributed by atoms with Gasteiger partial charge >= 0.3 is 5.97 Å². The fourth-order valence-corrected chi connectivity index (χ4v) is 4.76. The number of aromatic nitrogens is 6. The molecule has 2 atom stereocenters. The van der Waals surface area contributed by atoms with Gasteiger partial charge in [-0.15, -0.1) is 5.10 Å². The predicted octanol–water partition coefficient (Wildman–Crippen LogP) is 4.51. The van der Waals surface area contributed by atoms with Crippen molar-refractivity contribution >= 4 is 11.9 Å². The van der Waals surface area contributed by atoms with Gasteiger partial charge in [0.1, 0.15) is 17.1 Å². The van der Waals surface area contributed by atoms with Crippen LogP contribution in [0.3, 0.4) is 0 Å². The molecule has 0 saturated heterocycles. The number of ether oxygens (including phenoxy) is 1. The number of pyridine rings is 1. The second kappa shape index (κ2) is 9.98. The van der Waals surface area contributed by atoms with Crippen LogP contribution in [0.2, 0.25) is 0 Å². The maximum Gasteiger partial charge on any atom is 0.309 e. The summed E-state index contributed by atoms with van der Waals surface area (Å²) in [6.07, 6.45) is 3.16. The number of aliphatic carboxylic acids is 1. The van der Waals surface area contributed by atoms with Crippen LogP contribution in [0.4, 0.5) is 14.7 Å². The first kappa shape index (κ1) is 25.0. The second-order valence-corrected chi connectivity index (χ2v) is 10.0. The van der Waals surface area contributed by atoms with Crippen molar-refractivity contribution in [3.63, 3.8) is 0 Å². The molecular formula is C25H29F2N7O3. The number of alkyl halides is 2. The summed E-state index contributed by atoms with van der Waals surface area (Å²) in [4.78, 5) is 24.5. The van der Waals surface area contributed by atoms with Gasteiger partial charge in [0.25, 0.3) is 6.43 Å². The van der Waals surface area contributed by atoms with Crippen LogP contribution < -0.4 is 10.1 Å². The van der Waals surface area contributed by atoms with E-state index >= 15 is 0 Å². The van der Waals surface area contributed by atoms with Crippen LogP contribution in [-0.4, -0.2) is 47.1 Å². The summed E-state index contributed by atoms with van der Waals surface area (Å²) in [5.41, 5.74) is 1.59. The lowest BCUT2D eigenvalue weighted by atomic mass is 9.74. The molecule has 12 heteroatoms. The predicted molar refractivity (Wildman–Crippen MR) is 129 cm³/mol. The van der Waals surface area contributed by atoms with Gasteiger partial charge in [-0.2, -0.15) is 0 Å². The van der Waals surface area contributed by atoms with E-state index in [0.717, 1.165) is 31.4 Å². The Hall–Kier alpha value is -3.70. The van der Waals surface area contributed by atoms with Crippen LogP contribution in [0.15, 0.2) is 24.4 Å². The maximum atomic E-state index is 13.0. The molecule has 0 amide bonds. The minimum Gasteiger partial charge on any atom is -0.488 e. The van der Waals surface area contributed by atoms with Gasteiger partial charge in [-0.05, 0) is 57.2 Å². The molecule has 2 aliphatic rings. The Morgan fingerprint density at radius 2 is 2.08 bits per heavy atom. The number of anilines is 1. The summed E-state index contributed by atoms with van der Waals surface area (Å²) in [7, 11) is 1.74. The number of carbonyl (C=O) groups is 1. The highest BCUT2D eigenvalue weighted by atomic mass is 19.3. The molecule has 2 N–H and O–H groups in total. The highest BCUT2D eigenvalue weighted by Crippen LogP contribution is 2.45. The third kappa shape index (κ3) is 5.37. The SMILES string of the molecule is Cn1nnc(-c2ccc(O[C@H]3CCC[C@](C)(C(=O)O)C3)c(C3CC3)n2)c1CNc1nccc(C(F)F)n1. The number of hydrogen-bond acceptors (Lipinski definition) is 8. The molecule has 3 aromatic rings. The molecular weight excluding hydrogens is 484 g/mol. The van der Waals surface area contributed by atoms with Crippen LogP contribution in [0.25, 0.3) is 11.4 Å². The van der Waals surface area contributed by atoms with E-state index in [4.69, 9.17) is 9.72 Å². The van der Waals surface area contributed by atoms with Crippen LogP contribution in [-0.2, 0) is 18.4 Å². The van der Waals surface area contributed by atoms with Crippen molar-refractivity contribution in [2.75, 3.05) is 5.32 Å². The standard InChI is InChI=1S/C25H29F2N7O3/c1-25(23(35)36)10-3-4-15(12-25)37-19-8-7-16(30-20(19)14-5-6-14)21-18(34(2)33-32-21)13-29-24-28-11-9-17(31-24)22(26)27/h7-9,11,14-15,22H,3-6,10,12-13H2,1-2H3,(H,35,36)(H,28,29,31)/t15-,25-/m0/s1. The molecule has 0 spiro atoms. The van der Waals surface area contributed by atoms with Crippen molar-refractivity contribution in [2.24, 2.45) is 12.5 Å². The fraction of sp³-hybridized carbons (Fsp3) is 0.520. The molecule has 2 saturated carbocycles. The Labute approximate surface area is 212 Å². The summed E-state index contributed by atoms with van der Waals surface area (Å²) < 4.78 is 33.9. The number of halogens is 2. The smallest absolute Gasteiger partial charge is 0.309 e. The molecule has 0 unspecified atom stereocenters. The molecule has 2 aliphatic carbocycles. The summed E-state index contributed by atoms with van der Waals surface area (Å²) in [5, 5.41) is 21.0. The molecule has 0 bridgehead atoms. The van der Waals surface area contributed by atoms with Crippen LogP contribution >= 0.6 is 0 Å². The second-order valence-electron chi connectivity index (χ2n) is 10.0. The molecule has 3 aromatic heterocycles. The summed E-state index contributed by atoms with van der Waals surface area (Å²) in [6, 6.07) is 4.88. The first-order valence-electron chi connectivity index (χ1n) is 12.4. The van der Waals surface area contributed by atoms with Gasteiger partial charge in [-0.3, -0.25) is 4.79 Å². The molecule has 196 valence electrons. The van der Waals surface area contributed by atoms with E-state index in [-0.39, 0.29) is 30.2 Å². The molecule has 3 heterocycles. The first-order valence-corrected chi connectivity index (χ1v) is 12.4. The number of nitrogens with zero attached hydrogens (tertiary/aromatic N) is 6. The van der Waals surface area contributed by atoms with Crippen LogP contribution in [0.5, 0.6) is 5.75 Å². The topological polar surface area (TPSA) is 128 Å². The fourth-order valence-electron chi connectivity index (χ4n) is 4.76. The zero-order valence-electron chi connectivity index (χ0n) is 20.7. The molecule has 37 heavy (non-hydrogen) atoms. The van der Waals surface area contributed by atoms with Gasteiger partial charge in [0.05, 0.1) is 35.1 Å². The molecule has 0 aromatic carbocycles. The Bertz CT molecular complexity index is 1300. The highest BCUT2D eigenvalue weighted by Gasteiger charge is 2.40. The highest BCUT2D eigenvalue weighted by molar-refractivity contribution is 5.74. The monoisotopic (exact) mass is 513 g/mol. The number of carboxylic acid groups (broad SMARTS) is 1. The van der Waals surface area contributed by atoms with Gasteiger partial charge in [0.2, 0.25) is 5.95 Å². The Kier molecular flexibility index (Phi) is 6.74. The third-order valence-corrected chi connectivity index (χ3v) is 7.09. The zero-order valence-corrected chi connectivity index (χ0v) is 20.7. The minimum absolute atomic E-state index is 0.0844. The van der Waals surface area contributed by atoms with Crippen molar-refractivity contribution in [3.8, 4) is 17.1 Å². The zero-order chi connectivity index (χ0) is 26.2. The summed E-state index contributed by atoms with van der Waals surface area (Å²) in [6.45, 7) is 1.99. The maximum absolute atomic E-state index is 13.0. The normalized spacial score (nSPS) is 21.7. The van der Waals surface area contributed by atoms with E-state index in [1.165, 1.54) is 12.3 Å². The van der Waals surface area contributed by atoms with Gasteiger partial charge in [0.15, 0.2) is 0 Å². The van der Waals surface area contributed by atoms with E-state index in [2.05, 4.69) is 25.6 Å².